The van der Waals surface area contributed by atoms with Gasteiger partial charge in [-0.25, -0.2) is 0 Å². The van der Waals surface area contributed by atoms with Crippen LogP contribution in [-0.2, 0) is 4.57 Å². The number of rotatable bonds is 0. The van der Waals surface area contributed by atoms with Crippen LogP contribution in [0.15, 0.2) is 0 Å². The Kier molecular flexibility index (Phi) is 1.32. The highest BCUT2D eigenvalue weighted by Gasteiger charge is 1.99. The van der Waals surface area contributed by atoms with Crippen LogP contribution in [0.5, 0.6) is 0 Å². The van der Waals surface area contributed by atoms with E-state index in [1.807, 2.05) is 0 Å². The highest BCUT2D eigenvalue weighted by molar-refractivity contribution is 7.31. The lowest BCUT2D eigenvalue weighted by atomic mass is 15.9. The Morgan fingerprint density at radius 2 is 2.00 bits per heavy atom. The SMILES string of the molecule is O=[P+](O)F. The van der Waals surface area contributed by atoms with Gasteiger partial charge in [-0.15, -0.1) is 4.89 Å². The predicted molar refractivity (Wildman–Crippen MR) is 10.9 cm³/mol. The van der Waals surface area contributed by atoms with Gasteiger partial charge in [-0.2, -0.15) is 0 Å². The second kappa shape index (κ2) is 1.32. The standard InChI is InChI=1S/FO2P/c1-4(2)3/p+1. The molecule has 0 amide bonds. The van der Waals surface area contributed by atoms with Gasteiger partial charge in [0, 0.05) is 4.57 Å². The van der Waals surface area contributed by atoms with E-state index >= 15 is 0 Å². The minimum atomic E-state index is -3.37. The quantitative estimate of drug-likeness (QED) is 0.435. The predicted octanol–water partition coefficient (Wildman–Crippen LogP) is 0.606. The summed E-state index contributed by atoms with van der Waals surface area (Å²) in [4.78, 5) is 6.90. The first-order valence-electron chi connectivity index (χ1n) is 0.552. The van der Waals surface area contributed by atoms with Gasteiger partial charge in [-0.3, -0.25) is 0 Å². The lowest BCUT2D eigenvalue weighted by Gasteiger charge is -1.26. The largest absolute Gasteiger partial charge is 0.743 e. The van der Waals surface area contributed by atoms with Gasteiger partial charge in [0.05, 0.1) is 4.20 Å². The van der Waals surface area contributed by atoms with E-state index in [9.17, 15) is 4.20 Å². The molecule has 0 aliphatic heterocycles. The van der Waals surface area contributed by atoms with E-state index in [4.69, 9.17) is 9.46 Å². The molecule has 0 spiro atoms. The monoisotopic (exact) mass is 83.0 g/mol. The Bertz CT molecular complexity index is 29.0. The third kappa shape index (κ3) is 19500. The summed E-state index contributed by atoms with van der Waals surface area (Å²) < 4.78 is 18.5. The molecule has 0 fully saturated rings. The molecule has 1 N–H and O–H groups in total. The van der Waals surface area contributed by atoms with Crippen LogP contribution in [-0.4, -0.2) is 4.89 Å². The zero-order valence-corrected chi connectivity index (χ0v) is 2.58. The van der Waals surface area contributed by atoms with Crippen molar-refractivity contribution in [3.63, 3.8) is 0 Å². The molecule has 0 aromatic heterocycles. The topological polar surface area (TPSA) is 37.3 Å². The Balaban J connectivity index is 2.80. The number of hydrogen-bond donors (Lipinski definition) is 1. The fraction of sp³-hybridized carbons (Fsp3) is 0. The third-order valence-corrected chi connectivity index (χ3v) is 0. The molecule has 0 aliphatic carbocycles. The molecule has 0 heterocycles. The van der Waals surface area contributed by atoms with E-state index in [2.05, 4.69) is 0 Å². The second-order valence-corrected chi connectivity index (χ2v) is 0.679. The minimum absolute atomic E-state index is 3.37. The molecule has 0 radical (unpaired) electrons. The van der Waals surface area contributed by atoms with Crippen LogP contribution in [0.1, 0.15) is 0 Å². The number of halogens is 1. The Morgan fingerprint density at radius 3 is 2.00 bits per heavy atom. The first-order chi connectivity index (χ1) is 1.73. The van der Waals surface area contributed by atoms with E-state index in [0.717, 1.165) is 0 Å². The van der Waals surface area contributed by atoms with E-state index in [0.29, 0.717) is 0 Å². The fourth-order valence-electron chi connectivity index (χ4n) is 0. The van der Waals surface area contributed by atoms with Crippen molar-refractivity contribution in [1.82, 2.24) is 0 Å². The van der Waals surface area contributed by atoms with Crippen LogP contribution in [0.3, 0.4) is 0 Å². The molecule has 4 heteroatoms. The van der Waals surface area contributed by atoms with Crippen LogP contribution < -0.4 is 0 Å². The first kappa shape index (κ1) is 3.99. The van der Waals surface area contributed by atoms with Crippen LogP contribution >= 0.6 is 8.34 Å². The van der Waals surface area contributed by atoms with Gasteiger partial charge in [-0.05, 0) is 0 Å². The van der Waals surface area contributed by atoms with Crippen molar-refractivity contribution in [1.29, 1.82) is 0 Å². The van der Waals surface area contributed by atoms with Gasteiger partial charge >= 0.3 is 8.34 Å². The summed E-state index contributed by atoms with van der Waals surface area (Å²) in [6, 6.07) is 0. The van der Waals surface area contributed by atoms with Gasteiger partial charge in [0.2, 0.25) is 0 Å². The summed E-state index contributed by atoms with van der Waals surface area (Å²) in [5.74, 6) is 0. The zero-order valence-electron chi connectivity index (χ0n) is 1.68. The van der Waals surface area contributed by atoms with Crippen LogP contribution in [0.2, 0.25) is 0 Å². The Morgan fingerprint density at radius 1 is 2.00 bits per heavy atom. The maximum Gasteiger partial charge on any atom is 0.743 e. The second-order valence-electron chi connectivity index (χ2n) is 0.226. The van der Waals surface area contributed by atoms with Crippen molar-refractivity contribution in [3.05, 3.63) is 0 Å². The molecule has 4 heavy (non-hydrogen) atoms. The van der Waals surface area contributed by atoms with Gasteiger partial charge < -0.3 is 0 Å². The number of hydrogen-bond acceptors (Lipinski definition) is 1. The third-order valence-electron chi connectivity index (χ3n) is 0. The Labute approximate surface area is 23.2 Å². The average Bonchev–Trinajstić information content (AvgIpc) is 0.811. The normalized spacial score (nSPS) is 11.0. The molecule has 0 saturated heterocycles. The molecule has 0 saturated carbocycles. The summed E-state index contributed by atoms with van der Waals surface area (Å²) in [7, 11) is -3.37. The molecule has 0 bridgehead atoms. The van der Waals surface area contributed by atoms with Gasteiger partial charge in [-0.1, -0.05) is 0 Å². The van der Waals surface area contributed by atoms with Gasteiger partial charge in [0.25, 0.3) is 0 Å². The maximum atomic E-state index is 10.1. The molecule has 0 aliphatic rings. The van der Waals surface area contributed by atoms with Gasteiger partial charge in [0.15, 0.2) is 0 Å². The van der Waals surface area contributed by atoms with Crippen LogP contribution in [0.4, 0.5) is 4.20 Å². The smallest absolute Gasteiger partial charge is 0.130 e. The van der Waals surface area contributed by atoms with Crippen molar-refractivity contribution in [3.8, 4) is 0 Å². The summed E-state index contributed by atoms with van der Waals surface area (Å²) in [5.41, 5.74) is 0. The molecule has 0 aromatic carbocycles. The van der Waals surface area contributed by atoms with Crippen molar-refractivity contribution in [2.24, 2.45) is 0 Å². The molecule has 1 unspecified atom stereocenters. The molecule has 2 nitrogen and oxygen atoms in total. The van der Waals surface area contributed by atoms with Crippen molar-refractivity contribution < 1.29 is 13.7 Å². The lowest BCUT2D eigenvalue weighted by molar-refractivity contribution is 0.460. The summed E-state index contributed by atoms with van der Waals surface area (Å²) in [5, 5.41) is 0. The summed E-state index contributed by atoms with van der Waals surface area (Å²) in [6.45, 7) is 0. The van der Waals surface area contributed by atoms with E-state index < -0.39 is 8.34 Å². The van der Waals surface area contributed by atoms with Crippen LogP contribution in [0, 0.1) is 0 Å². The van der Waals surface area contributed by atoms with E-state index in [1.165, 1.54) is 0 Å². The van der Waals surface area contributed by atoms with Crippen molar-refractivity contribution in [2.45, 2.75) is 0 Å². The molecule has 24 valence electrons. The Hall–Kier alpha value is -0.0100. The highest BCUT2D eigenvalue weighted by atomic mass is 31.2. The zero-order chi connectivity index (χ0) is 3.58. The molecular weight excluding hydrogens is 82.0 g/mol. The van der Waals surface area contributed by atoms with Crippen molar-refractivity contribution in [2.75, 3.05) is 0 Å². The highest BCUT2D eigenvalue weighted by Crippen LogP contribution is 2.10. The van der Waals surface area contributed by atoms with Gasteiger partial charge in [0.1, 0.15) is 0 Å². The molecule has 1 atom stereocenters. The van der Waals surface area contributed by atoms with Crippen molar-refractivity contribution >= 4 is 8.34 Å². The molecule has 0 aromatic rings. The summed E-state index contributed by atoms with van der Waals surface area (Å²) >= 11 is 0. The van der Waals surface area contributed by atoms with E-state index in [-0.39, 0.29) is 0 Å². The average molecular weight is 83.0 g/mol. The molecular formula is HFO2P+. The molecule has 0 rings (SSSR count). The van der Waals surface area contributed by atoms with Crippen LogP contribution in [0.25, 0.3) is 0 Å². The minimum Gasteiger partial charge on any atom is -0.130 e. The first-order valence-corrected chi connectivity index (χ1v) is 1.65. The fourth-order valence-corrected chi connectivity index (χ4v) is 0. The van der Waals surface area contributed by atoms with E-state index in [1.54, 1.807) is 0 Å². The summed E-state index contributed by atoms with van der Waals surface area (Å²) in [6.07, 6.45) is 0. The lowest BCUT2D eigenvalue weighted by Crippen LogP contribution is -1.24. The maximum absolute atomic E-state index is 10.1.